The van der Waals surface area contributed by atoms with Gasteiger partial charge in [-0.05, 0) is 68.7 Å². The number of hydrogen-bond donors (Lipinski definition) is 0. The van der Waals surface area contributed by atoms with E-state index in [1.165, 1.54) is 44.1 Å². The highest BCUT2D eigenvalue weighted by Crippen LogP contribution is 2.54. The lowest BCUT2D eigenvalue weighted by molar-refractivity contribution is -0.143. The Morgan fingerprint density at radius 1 is 0.955 bits per heavy atom. The summed E-state index contributed by atoms with van der Waals surface area (Å²) >= 11 is 3.73. The zero-order valence-corrected chi connectivity index (χ0v) is 14.8. The van der Waals surface area contributed by atoms with Crippen molar-refractivity contribution in [2.24, 2.45) is 0 Å². The summed E-state index contributed by atoms with van der Waals surface area (Å²) < 4.78 is 5.49. The van der Waals surface area contributed by atoms with Gasteiger partial charge in [-0.2, -0.15) is 0 Å². The number of esters is 1. The molecule has 1 atom stereocenters. The van der Waals surface area contributed by atoms with Gasteiger partial charge in [0.05, 0.1) is 6.04 Å². The van der Waals surface area contributed by atoms with E-state index in [-0.39, 0.29) is 10.0 Å². The molecule has 2 saturated heterocycles. The largest absolute Gasteiger partial charge is 0.429 e. The smallest absolute Gasteiger partial charge is 0.339 e. The van der Waals surface area contributed by atoms with Gasteiger partial charge in [0.1, 0.15) is 5.76 Å². The van der Waals surface area contributed by atoms with Crippen LogP contribution in [-0.4, -0.2) is 45.6 Å². The van der Waals surface area contributed by atoms with Crippen molar-refractivity contribution in [1.82, 2.24) is 4.90 Å². The van der Waals surface area contributed by atoms with Gasteiger partial charge < -0.3 is 4.74 Å². The van der Waals surface area contributed by atoms with Crippen LogP contribution in [0.25, 0.3) is 0 Å². The molecule has 22 heavy (non-hydrogen) atoms. The first-order valence-corrected chi connectivity index (χ1v) is 10.7. The minimum Gasteiger partial charge on any atom is -0.429 e. The molecular weight excluding hydrogens is 314 g/mol. The van der Waals surface area contributed by atoms with E-state index in [1.54, 1.807) is 0 Å². The van der Waals surface area contributed by atoms with Gasteiger partial charge in [-0.15, -0.1) is 23.5 Å². The van der Waals surface area contributed by atoms with Crippen molar-refractivity contribution in [1.29, 1.82) is 0 Å². The summed E-state index contributed by atoms with van der Waals surface area (Å²) in [5.41, 5.74) is 1.47. The monoisotopic (exact) mass is 339 g/mol. The number of piperidine rings is 1. The molecule has 0 N–H and O–H groups in total. The van der Waals surface area contributed by atoms with Gasteiger partial charge in [0.15, 0.2) is 4.08 Å². The molecule has 0 bridgehead atoms. The second kappa shape index (κ2) is 6.40. The normalized spacial score (nSPS) is 32.7. The van der Waals surface area contributed by atoms with E-state index in [2.05, 4.69) is 4.90 Å². The van der Waals surface area contributed by atoms with Crippen LogP contribution in [-0.2, 0) is 9.53 Å². The number of allylic oxidation sites excluding steroid dienone is 1. The molecule has 1 spiro atoms. The highest BCUT2D eigenvalue weighted by molar-refractivity contribution is 8.20. The molecule has 0 unspecified atom stereocenters. The summed E-state index contributed by atoms with van der Waals surface area (Å²) in [6.07, 6.45) is 9.64. The molecule has 122 valence electrons. The van der Waals surface area contributed by atoms with E-state index in [0.717, 1.165) is 43.2 Å². The topological polar surface area (TPSA) is 29.5 Å². The van der Waals surface area contributed by atoms with E-state index < -0.39 is 0 Å². The average molecular weight is 340 g/mol. The summed E-state index contributed by atoms with van der Waals surface area (Å²) in [4.78, 5) is 15.6. The summed E-state index contributed by atoms with van der Waals surface area (Å²) in [5, 5.41) is 0. The Bertz CT molecular complexity index is 479. The third-order valence-electron chi connectivity index (χ3n) is 5.33. The number of nitrogens with zero attached hydrogens (tertiary/aromatic N) is 1. The standard InChI is InChI=1S/C17H25NO2S2/c19-16-17(21-11-6-12-22-17)15(18-9-4-1-5-10-18)13-7-2-3-8-14(13)20-16/h15H,1-12H2/t15-/m0/s1. The zero-order valence-electron chi connectivity index (χ0n) is 13.1. The number of rotatable bonds is 1. The molecule has 4 aliphatic rings. The summed E-state index contributed by atoms with van der Waals surface area (Å²) in [5.74, 6) is 3.26. The Balaban J connectivity index is 1.75. The van der Waals surface area contributed by atoms with Crippen LogP contribution in [0.2, 0.25) is 0 Å². The Kier molecular flexibility index (Phi) is 4.48. The van der Waals surface area contributed by atoms with Crippen LogP contribution in [0, 0.1) is 0 Å². The summed E-state index contributed by atoms with van der Waals surface area (Å²) in [6, 6.07) is 0.291. The first kappa shape index (κ1) is 15.4. The SMILES string of the molecule is O=C1OC2=C(CCCC2)[C@H](N2CCCCC2)C12SCCCS2. The third kappa shape index (κ3) is 2.53. The highest BCUT2D eigenvalue weighted by Gasteiger charge is 2.56. The number of ether oxygens (including phenoxy) is 1. The van der Waals surface area contributed by atoms with E-state index in [9.17, 15) is 4.79 Å². The van der Waals surface area contributed by atoms with Crippen LogP contribution >= 0.6 is 23.5 Å². The van der Waals surface area contributed by atoms with Gasteiger partial charge in [-0.25, -0.2) is 4.79 Å². The summed E-state index contributed by atoms with van der Waals surface area (Å²) in [6.45, 7) is 2.30. The second-order valence-corrected chi connectivity index (χ2v) is 9.70. The molecule has 1 aliphatic carbocycles. The molecule has 0 amide bonds. The fourth-order valence-corrected chi connectivity index (χ4v) is 7.71. The quantitative estimate of drug-likeness (QED) is 0.678. The molecule has 0 aromatic heterocycles. The van der Waals surface area contributed by atoms with Gasteiger partial charge in [0.25, 0.3) is 0 Å². The molecule has 2 fully saturated rings. The van der Waals surface area contributed by atoms with Crippen molar-refractivity contribution < 1.29 is 9.53 Å². The molecule has 3 aliphatic heterocycles. The number of carbonyl (C=O) groups excluding carboxylic acids is 1. The number of likely N-dealkylation sites (tertiary alicyclic amines) is 1. The van der Waals surface area contributed by atoms with E-state index in [4.69, 9.17) is 4.74 Å². The molecule has 0 aromatic carbocycles. The van der Waals surface area contributed by atoms with Crippen LogP contribution in [0.5, 0.6) is 0 Å². The van der Waals surface area contributed by atoms with Crippen LogP contribution in [0.4, 0.5) is 0 Å². The predicted octanol–water partition coefficient (Wildman–Crippen LogP) is 3.79. The Hall–Kier alpha value is -0.130. The second-order valence-electron chi connectivity index (χ2n) is 6.76. The maximum Gasteiger partial charge on any atom is 0.339 e. The van der Waals surface area contributed by atoms with E-state index >= 15 is 0 Å². The van der Waals surface area contributed by atoms with Crippen molar-refractivity contribution >= 4 is 29.5 Å². The van der Waals surface area contributed by atoms with Crippen LogP contribution in [0.3, 0.4) is 0 Å². The Labute approximate surface area is 141 Å². The minimum atomic E-state index is -0.383. The van der Waals surface area contributed by atoms with Crippen LogP contribution in [0.1, 0.15) is 51.4 Å². The lowest BCUT2D eigenvalue weighted by Crippen LogP contribution is -2.59. The predicted molar refractivity (Wildman–Crippen MR) is 93.1 cm³/mol. The lowest BCUT2D eigenvalue weighted by Gasteiger charge is -2.50. The number of carbonyl (C=O) groups is 1. The van der Waals surface area contributed by atoms with E-state index in [0.29, 0.717) is 6.04 Å². The average Bonchev–Trinajstić information content (AvgIpc) is 2.58. The minimum absolute atomic E-state index is 0.0402. The maximum atomic E-state index is 13.0. The molecule has 5 heteroatoms. The fourth-order valence-electron chi connectivity index (χ4n) is 4.29. The molecule has 3 nitrogen and oxygen atoms in total. The van der Waals surface area contributed by atoms with Gasteiger partial charge in [0.2, 0.25) is 0 Å². The van der Waals surface area contributed by atoms with Gasteiger partial charge in [-0.1, -0.05) is 6.42 Å². The summed E-state index contributed by atoms with van der Waals surface area (Å²) in [7, 11) is 0. The van der Waals surface area contributed by atoms with Crippen molar-refractivity contribution in [2.75, 3.05) is 24.6 Å². The van der Waals surface area contributed by atoms with Crippen molar-refractivity contribution in [2.45, 2.75) is 61.5 Å². The molecule has 0 aromatic rings. The van der Waals surface area contributed by atoms with Crippen molar-refractivity contribution in [3.05, 3.63) is 11.3 Å². The highest BCUT2D eigenvalue weighted by atomic mass is 32.2. The van der Waals surface area contributed by atoms with Crippen molar-refractivity contribution in [3.63, 3.8) is 0 Å². The molecule has 0 saturated carbocycles. The number of thioether (sulfide) groups is 2. The van der Waals surface area contributed by atoms with Gasteiger partial charge in [-0.3, -0.25) is 4.90 Å². The fraction of sp³-hybridized carbons (Fsp3) is 0.824. The van der Waals surface area contributed by atoms with Crippen molar-refractivity contribution in [3.8, 4) is 0 Å². The Morgan fingerprint density at radius 2 is 1.68 bits per heavy atom. The van der Waals surface area contributed by atoms with Crippen LogP contribution < -0.4 is 0 Å². The number of hydrogen-bond acceptors (Lipinski definition) is 5. The molecule has 4 rings (SSSR count). The zero-order chi connectivity index (χ0) is 15.0. The first-order valence-electron chi connectivity index (χ1n) is 8.77. The van der Waals surface area contributed by atoms with Crippen LogP contribution in [0.15, 0.2) is 11.3 Å². The van der Waals surface area contributed by atoms with Gasteiger partial charge in [0, 0.05) is 6.42 Å². The van der Waals surface area contributed by atoms with E-state index in [1.807, 2.05) is 23.5 Å². The maximum absolute atomic E-state index is 13.0. The lowest BCUT2D eigenvalue weighted by atomic mass is 9.86. The molecular formula is C17H25NO2S2. The Morgan fingerprint density at radius 3 is 2.45 bits per heavy atom. The first-order chi connectivity index (χ1) is 10.8. The molecule has 0 radical (unpaired) electrons. The third-order valence-corrected chi connectivity index (χ3v) is 8.66. The van der Waals surface area contributed by atoms with Gasteiger partial charge >= 0.3 is 5.97 Å². The molecule has 3 heterocycles.